The van der Waals surface area contributed by atoms with E-state index in [4.69, 9.17) is 16.6 Å². The molecule has 178 valence electrons. The summed E-state index contributed by atoms with van der Waals surface area (Å²) >= 11 is 8.37. The first kappa shape index (κ1) is 22.2. The van der Waals surface area contributed by atoms with Crippen LogP contribution in [0.1, 0.15) is 16.3 Å². The Hall–Kier alpha value is -3.27. The summed E-state index contributed by atoms with van der Waals surface area (Å²) in [6.07, 6.45) is 5.47. The maximum atomic E-state index is 6.66. The van der Waals surface area contributed by atoms with E-state index in [1.807, 2.05) is 16.9 Å². The van der Waals surface area contributed by atoms with Crippen LogP contribution in [0.15, 0.2) is 54.3 Å². The molecule has 8 nitrogen and oxygen atoms in total. The molecule has 0 spiro atoms. The van der Waals surface area contributed by atoms with Gasteiger partial charge in [-0.15, -0.1) is 11.3 Å². The van der Waals surface area contributed by atoms with E-state index < -0.39 is 0 Å². The first-order valence-electron chi connectivity index (χ1n) is 11.6. The Balaban J connectivity index is 1.21. The molecule has 4 aromatic heterocycles. The number of hydrogen-bond acceptors (Lipinski definition) is 7. The summed E-state index contributed by atoms with van der Waals surface area (Å²) in [6.45, 7) is 7.34. The van der Waals surface area contributed by atoms with Crippen molar-refractivity contribution in [3.8, 4) is 11.4 Å². The number of piperazine rings is 1. The third-order valence-electron chi connectivity index (χ3n) is 6.31. The van der Waals surface area contributed by atoms with Gasteiger partial charge in [-0.25, -0.2) is 15.0 Å². The van der Waals surface area contributed by atoms with Gasteiger partial charge in [-0.3, -0.25) is 9.58 Å². The number of nitrogens with zero attached hydrogens (tertiary/aromatic N) is 7. The number of anilines is 1. The lowest BCUT2D eigenvalue weighted by Crippen LogP contribution is -2.46. The van der Waals surface area contributed by atoms with Gasteiger partial charge >= 0.3 is 0 Å². The molecule has 0 aliphatic carbocycles. The number of aryl methyl sites for hydroxylation is 1. The summed E-state index contributed by atoms with van der Waals surface area (Å²) in [6, 6.07) is 10.3. The van der Waals surface area contributed by atoms with E-state index in [9.17, 15) is 0 Å². The lowest BCUT2D eigenvalue weighted by Gasteiger charge is -2.36. The van der Waals surface area contributed by atoms with Crippen molar-refractivity contribution in [2.45, 2.75) is 20.0 Å². The van der Waals surface area contributed by atoms with Crippen molar-refractivity contribution in [2.24, 2.45) is 0 Å². The van der Waals surface area contributed by atoms with E-state index >= 15 is 0 Å². The van der Waals surface area contributed by atoms with Crippen LogP contribution in [-0.4, -0.2) is 60.8 Å². The Bertz CT molecular complexity index is 1430. The van der Waals surface area contributed by atoms with Gasteiger partial charge in [0.1, 0.15) is 11.3 Å². The summed E-state index contributed by atoms with van der Waals surface area (Å²) in [5.41, 5.74) is 5.87. The van der Waals surface area contributed by atoms with Crippen molar-refractivity contribution in [3.63, 3.8) is 0 Å². The fourth-order valence-corrected chi connectivity index (χ4v) is 5.41. The molecule has 1 N–H and O–H groups in total. The highest BCUT2D eigenvalue weighted by molar-refractivity contribution is 7.09. The summed E-state index contributed by atoms with van der Waals surface area (Å²) < 4.78 is 1.91. The molecule has 0 bridgehead atoms. The third-order valence-corrected chi connectivity index (χ3v) is 7.41. The van der Waals surface area contributed by atoms with Crippen molar-refractivity contribution in [2.75, 3.05) is 31.1 Å². The third kappa shape index (κ3) is 4.67. The zero-order chi connectivity index (χ0) is 23.8. The Morgan fingerprint density at radius 3 is 2.60 bits per heavy atom. The molecular formula is C25H25ClN8S. The van der Waals surface area contributed by atoms with Crippen molar-refractivity contribution in [1.29, 1.82) is 0 Å². The number of halogens is 1. The molecule has 1 aromatic carbocycles. The first-order valence-corrected chi connectivity index (χ1v) is 12.9. The molecule has 1 aliphatic rings. The lowest BCUT2D eigenvalue weighted by atomic mass is 10.1. The predicted octanol–water partition coefficient (Wildman–Crippen LogP) is 4.61. The van der Waals surface area contributed by atoms with Gasteiger partial charge in [0.15, 0.2) is 5.65 Å². The van der Waals surface area contributed by atoms with Crippen LogP contribution in [0, 0.1) is 6.92 Å². The molecule has 5 aromatic rings. The molecule has 6 rings (SSSR count). The van der Waals surface area contributed by atoms with E-state index in [2.05, 4.69) is 66.4 Å². The highest BCUT2D eigenvalue weighted by atomic mass is 35.5. The van der Waals surface area contributed by atoms with Gasteiger partial charge in [-0.1, -0.05) is 35.9 Å². The second-order valence-electron chi connectivity index (χ2n) is 8.76. The molecule has 5 heterocycles. The number of H-pyrrole nitrogens is 1. The van der Waals surface area contributed by atoms with Crippen LogP contribution in [0.5, 0.6) is 0 Å². The number of nitrogens with one attached hydrogen (secondary N) is 1. The number of pyridine rings is 1. The standard InChI is InChI=1S/C25H25ClN8S/c1-17-29-20(16-35-17)15-32-9-11-33(12-10-32)23-21(26)13-27-25-22(23)30-24(31-25)19-5-3-18(4-6-19)14-34-8-2-7-28-34/h2-8,13,16H,9-12,14-15H2,1H3,(H,27,30,31). The van der Waals surface area contributed by atoms with Crippen molar-refractivity contribution < 1.29 is 0 Å². The van der Waals surface area contributed by atoms with Gasteiger partial charge in [0, 0.05) is 56.1 Å². The molecule has 0 unspecified atom stereocenters. The van der Waals surface area contributed by atoms with Gasteiger partial charge in [0.2, 0.25) is 0 Å². The monoisotopic (exact) mass is 504 g/mol. The Morgan fingerprint density at radius 2 is 1.89 bits per heavy atom. The Labute approximate surface area is 212 Å². The van der Waals surface area contributed by atoms with Gasteiger partial charge in [0.25, 0.3) is 0 Å². The molecule has 0 radical (unpaired) electrons. The number of benzene rings is 1. The van der Waals surface area contributed by atoms with E-state index in [0.29, 0.717) is 5.02 Å². The van der Waals surface area contributed by atoms with Crippen LogP contribution in [0.2, 0.25) is 5.02 Å². The minimum Gasteiger partial charge on any atom is -0.366 e. The number of imidazole rings is 1. The predicted molar refractivity (Wildman–Crippen MR) is 140 cm³/mol. The number of fused-ring (bicyclic) bond motifs is 1. The highest BCUT2D eigenvalue weighted by Crippen LogP contribution is 2.34. The topological polar surface area (TPSA) is 78.8 Å². The van der Waals surface area contributed by atoms with Crippen LogP contribution in [0.25, 0.3) is 22.6 Å². The fourth-order valence-electron chi connectivity index (χ4n) is 4.54. The largest absolute Gasteiger partial charge is 0.366 e. The molecule has 1 saturated heterocycles. The van der Waals surface area contributed by atoms with Crippen molar-refractivity contribution in [3.05, 3.63) is 75.6 Å². The van der Waals surface area contributed by atoms with E-state index in [-0.39, 0.29) is 0 Å². The summed E-state index contributed by atoms with van der Waals surface area (Å²) in [5.74, 6) is 0.791. The molecule has 0 atom stereocenters. The number of aromatic amines is 1. The highest BCUT2D eigenvalue weighted by Gasteiger charge is 2.23. The average molecular weight is 505 g/mol. The number of hydrogen-bond donors (Lipinski definition) is 1. The van der Waals surface area contributed by atoms with E-state index in [1.54, 1.807) is 23.7 Å². The maximum Gasteiger partial charge on any atom is 0.159 e. The van der Waals surface area contributed by atoms with Crippen molar-refractivity contribution in [1.82, 2.24) is 34.6 Å². The van der Waals surface area contributed by atoms with Crippen molar-refractivity contribution >= 4 is 39.8 Å². The average Bonchev–Trinajstić information content (AvgIpc) is 3.62. The second-order valence-corrected chi connectivity index (χ2v) is 10.2. The lowest BCUT2D eigenvalue weighted by molar-refractivity contribution is 0.247. The van der Waals surface area contributed by atoms with Gasteiger partial charge in [-0.2, -0.15) is 5.10 Å². The molecule has 1 aliphatic heterocycles. The SMILES string of the molecule is Cc1nc(CN2CCN(c3c(Cl)cnc4[nH]c(-c5ccc(Cn6cccn6)cc5)nc34)CC2)cs1. The number of aromatic nitrogens is 6. The van der Waals surface area contributed by atoms with Gasteiger partial charge in [0.05, 0.1) is 34.2 Å². The zero-order valence-electron chi connectivity index (χ0n) is 19.4. The molecule has 10 heteroatoms. The molecular weight excluding hydrogens is 480 g/mol. The molecule has 0 saturated carbocycles. The number of thiazole rings is 1. The maximum absolute atomic E-state index is 6.66. The summed E-state index contributed by atoms with van der Waals surface area (Å²) in [4.78, 5) is 22.2. The Morgan fingerprint density at radius 1 is 1.06 bits per heavy atom. The molecule has 35 heavy (non-hydrogen) atoms. The first-order chi connectivity index (χ1) is 17.1. The summed E-state index contributed by atoms with van der Waals surface area (Å²) in [7, 11) is 0. The van der Waals surface area contributed by atoms with Crippen LogP contribution in [0.4, 0.5) is 5.69 Å². The van der Waals surface area contributed by atoms with Gasteiger partial charge in [-0.05, 0) is 18.6 Å². The fraction of sp³-hybridized carbons (Fsp3) is 0.280. The van der Waals surface area contributed by atoms with Crippen LogP contribution >= 0.6 is 22.9 Å². The van der Waals surface area contributed by atoms with Crippen LogP contribution in [-0.2, 0) is 13.1 Å². The Kier molecular flexibility index (Phi) is 5.97. The van der Waals surface area contributed by atoms with Crippen LogP contribution in [0.3, 0.4) is 0 Å². The summed E-state index contributed by atoms with van der Waals surface area (Å²) in [5, 5.41) is 8.18. The minimum atomic E-state index is 0.633. The van der Waals surface area contributed by atoms with E-state index in [0.717, 1.165) is 78.2 Å². The minimum absolute atomic E-state index is 0.633. The molecule has 1 fully saturated rings. The smallest absolute Gasteiger partial charge is 0.159 e. The molecule has 0 amide bonds. The second kappa shape index (κ2) is 9.41. The zero-order valence-corrected chi connectivity index (χ0v) is 20.9. The normalized spacial score (nSPS) is 14.7. The number of rotatable bonds is 6. The quantitative estimate of drug-likeness (QED) is 0.364. The van der Waals surface area contributed by atoms with Crippen LogP contribution < -0.4 is 4.90 Å². The van der Waals surface area contributed by atoms with E-state index in [1.165, 1.54) is 5.56 Å². The van der Waals surface area contributed by atoms with Gasteiger partial charge < -0.3 is 9.88 Å².